The number of nitrogens with one attached hydrogen (secondary N) is 1. The topological polar surface area (TPSA) is 96.5 Å². The maximum atomic E-state index is 12.3. The third-order valence-corrected chi connectivity index (χ3v) is 5.24. The number of hydrogen-bond acceptors (Lipinski definition) is 6. The van der Waals surface area contributed by atoms with Gasteiger partial charge in [0.1, 0.15) is 5.54 Å². The summed E-state index contributed by atoms with van der Waals surface area (Å²) in [5, 5.41) is 24.6. The van der Waals surface area contributed by atoms with E-state index in [0.29, 0.717) is 5.16 Å². The molecule has 0 aliphatic heterocycles. The van der Waals surface area contributed by atoms with Crippen LogP contribution in [0.4, 0.5) is 0 Å². The van der Waals surface area contributed by atoms with Crippen molar-refractivity contribution in [3.8, 4) is 11.8 Å². The second-order valence-electron chi connectivity index (χ2n) is 6.30. The molecule has 1 fully saturated rings. The third kappa shape index (κ3) is 4.17. The molecule has 25 heavy (non-hydrogen) atoms. The van der Waals surface area contributed by atoms with Gasteiger partial charge >= 0.3 is 0 Å². The minimum atomic E-state index is -0.710. The normalized spacial score (nSPS) is 16.2. The number of carbonyl (C=O) groups excluding carboxylic acids is 1. The van der Waals surface area contributed by atoms with E-state index in [4.69, 9.17) is 0 Å². The predicted octanol–water partition coefficient (Wildman–Crippen LogP) is 2.41. The van der Waals surface area contributed by atoms with Gasteiger partial charge in [0.05, 0.1) is 17.5 Å². The summed E-state index contributed by atoms with van der Waals surface area (Å²) in [6.07, 6.45) is 4.53. The maximum Gasteiger partial charge on any atom is 0.231 e. The van der Waals surface area contributed by atoms with Gasteiger partial charge < -0.3 is 5.32 Å². The molecule has 130 valence electrons. The van der Waals surface area contributed by atoms with E-state index in [1.54, 1.807) is 4.68 Å². The number of carbonyl (C=O) groups is 1. The fourth-order valence-electron chi connectivity index (χ4n) is 3.04. The van der Waals surface area contributed by atoms with Gasteiger partial charge in [-0.1, -0.05) is 43.2 Å². The fourth-order valence-corrected chi connectivity index (χ4v) is 3.73. The van der Waals surface area contributed by atoms with E-state index >= 15 is 0 Å². The Bertz CT molecular complexity index is 790. The largest absolute Gasteiger partial charge is 0.337 e. The Labute approximate surface area is 150 Å². The molecule has 0 spiro atoms. The van der Waals surface area contributed by atoms with Crippen LogP contribution in [-0.4, -0.2) is 37.4 Å². The molecule has 7 nitrogen and oxygen atoms in total. The van der Waals surface area contributed by atoms with Crippen LogP contribution in [-0.2, 0) is 4.79 Å². The summed E-state index contributed by atoms with van der Waals surface area (Å²) in [6, 6.07) is 10.1. The van der Waals surface area contributed by atoms with Crippen LogP contribution in [0.25, 0.3) is 5.69 Å². The monoisotopic (exact) mass is 356 g/mol. The van der Waals surface area contributed by atoms with Gasteiger partial charge in [0, 0.05) is 0 Å². The van der Waals surface area contributed by atoms with Crippen LogP contribution in [0.3, 0.4) is 0 Å². The number of nitrogens with zero attached hydrogens (tertiary/aromatic N) is 5. The number of thioether (sulfide) groups is 1. The lowest BCUT2D eigenvalue weighted by Crippen LogP contribution is -2.49. The van der Waals surface area contributed by atoms with Crippen molar-refractivity contribution in [1.29, 1.82) is 5.26 Å². The minimum Gasteiger partial charge on any atom is -0.337 e. The molecule has 0 unspecified atom stereocenters. The van der Waals surface area contributed by atoms with Crippen LogP contribution in [0.2, 0.25) is 0 Å². The number of benzene rings is 1. The highest BCUT2D eigenvalue weighted by molar-refractivity contribution is 7.99. The molecule has 0 saturated heterocycles. The number of rotatable bonds is 5. The Morgan fingerprint density at radius 3 is 2.92 bits per heavy atom. The molecule has 0 atom stereocenters. The average molecular weight is 356 g/mol. The Kier molecular flexibility index (Phi) is 5.34. The van der Waals surface area contributed by atoms with E-state index in [2.05, 4.69) is 26.9 Å². The van der Waals surface area contributed by atoms with Crippen LogP contribution < -0.4 is 5.32 Å². The minimum absolute atomic E-state index is 0.160. The van der Waals surface area contributed by atoms with E-state index in [1.807, 2.05) is 31.2 Å². The van der Waals surface area contributed by atoms with Gasteiger partial charge in [-0.05, 0) is 47.9 Å². The first-order valence-corrected chi connectivity index (χ1v) is 9.31. The molecule has 8 heteroatoms. The summed E-state index contributed by atoms with van der Waals surface area (Å²) in [5.74, 6) is 0.0162. The van der Waals surface area contributed by atoms with Crippen LogP contribution in [0.1, 0.15) is 37.7 Å². The van der Waals surface area contributed by atoms with Crippen LogP contribution >= 0.6 is 11.8 Å². The van der Waals surface area contributed by atoms with Gasteiger partial charge in [0.15, 0.2) is 0 Å². The Morgan fingerprint density at radius 1 is 1.40 bits per heavy atom. The molecular formula is C17H20N6OS. The summed E-state index contributed by atoms with van der Waals surface area (Å²) in [4.78, 5) is 12.3. The Hall–Kier alpha value is -2.40. The summed E-state index contributed by atoms with van der Waals surface area (Å²) in [5.41, 5.74) is 1.25. The highest BCUT2D eigenvalue weighted by Gasteiger charge is 2.33. The first-order valence-electron chi connectivity index (χ1n) is 8.32. The SMILES string of the molecule is Cc1cccc(-n2nnnc2SCC(=O)NC2(C#N)CCCCC2)c1. The number of aromatic nitrogens is 4. The van der Waals surface area contributed by atoms with Crippen molar-refractivity contribution in [1.82, 2.24) is 25.5 Å². The number of hydrogen-bond donors (Lipinski definition) is 1. The first-order chi connectivity index (χ1) is 12.1. The van der Waals surface area contributed by atoms with E-state index in [-0.39, 0.29) is 11.7 Å². The standard InChI is InChI=1S/C17H20N6OS/c1-13-6-5-7-14(10-13)23-16(20-21-22-23)25-11-15(24)19-17(12-18)8-3-2-4-9-17/h5-7,10H,2-4,8-9,11H2,1H3,(H,19,24). The molecule has 1 heterocycles. The summed E-state index contributed by atoms with van der Waals surface area (Å²) in [7, 11) is 0. The van der Waals surface area contributed by atoms with E-state index in [1.165, 1.54) is 11.8 Å². The Balaban J connectivity index is 1.64. The fraction of sp³-hybridized carbons (Fsp3) is 0.471. The first kappa shape index (κ1) is 17.4. The van der Waals surface area contributed by atoms with Gasteiger partial charge in [0.2, 0.25) is 11.1 Å². The van der Waals surface area contributed by atoms with Crippen molar-refractivity contribution in [2.45, 2.75) is 49.7 Å². The smallest absolute Gasteiger partial charge is 0.231 e. The molecule has 1 aliphatic carbocycles. The van der Waals surface area contributed by atoms with Gasteiger partial charge in [0.25, 0.3) is 0 Å². The van der Waals surface area contributed by atoms with Crippen LogP contribution in [0.15, 0.2) is 29.4 Å². The Morgan fingerprint density at radius 2 is 2.20 bits per heavy atom. The number of nitriles is 1. The molecule has 1 aliphatic rings. The van der Waals surface area contributed by atoms with Crippen molar-refractivity contribution in [3.05, 3.63) is 29.8 Å². The number of tetrazole rings is 1. The van der Waals surface area contributed by atoms with Crippen molar-refractivity contribution in [2.24, 2.45) is 0 Å². The van der Waals surface area contributed by atoms with Crippen molar-refractivity contribution < 1.29 is 4.79 Å². The molecule has 1 aromatic heterocycles. The zero-order valence-corrected chi connectivity index (χ0v) is 14.9. The predicted molar refractivity (Wildman–Crippen MR) is 94.2 cm³/mol. The number of aryl methyl sites for hydroxylation is 1. The zero-order chi connectivity index (χ0) is 17.7. The van der Waals surface area contributed by atoms with Gasteiger partial charge in [-0.3, -0.25) is 4.79 Å². The van der Waals surface area contributed by atoms with E-state index < -0.39 is 5.54 Å². The lowest BCUT2D eigenvalue weighted by Gasteiger charge is -2.31. The summed E-state index contributed by atoms with van der Waals surface area (Å²) in [6.45, 7) is 2.00. The van der Waals surface area contributed by atoms with E-state index in [0.717, 1.165) is 43.4 Å². The molecule has 2 aromatic rings. The molecule has 0 bridgehead atoms. The zero-order valence-electron chi connectivity index (χ0n) is 14.1. The highest BCUT2D eigenvalue weighted by atomic mass is 32.2. The molecule has 0 radical (unpaired) electrons. The molecule has 3 rings (SSSR count). The second kappa shape index (κ2) is 7.66. The average Bonchev–Trinajstić information content (AvgIpc) is 3.09. The van der Waals surface area contributed by atoms with Crippen molar-refractivity contribution >= 4 is 17.7 Å². The maximum absolute atomic E-state index is 12.3. The lowest BCUT2D eigenvalue weighted by atomic mass is 9.83. The van der Waals surface area contributed by atoms with Crippen molar-refractivity contribution in [3.63, 3.8) is 0 Å². The van der Waals surface area contributed by atoms with Crippen LogP contribution in [0, 0.1) is 18.3 Å². The second-order valence-corrected chi connectivity index (χ2v) is 7.25. The van der Waals surface area contributed by atoms with Crippen LogP contribution in [0.5, 0.6) is 0 Å². The molecule has 1 N–H and O–H groups in total. The highest BCUT2D eigenvalue weighted by Crippen LogP contribution is 2.28. The molecule has 1 aromatic carbocycles. The number of amides is 1. The summed E-state index contributed by atoms with van der Waals surface area (Å²) < 4.78 is 1.62. The summed E-state index contributed by atoms with van der Waals surface area (Å²) >= 11 is 1.27. The quantitative estimate of drug-likeness (QED) is 0.826. The lowest BCUT2D eigenvalue weighted by molar-refractivity contribution is -0.120. The molecule has 1 amide bonds. The van der Waals surface area contributed by atoms with Gasteiger partial charge in [-0.25, -0.2) is 0 Å². The van der Waals surface area contributed by atoms with E-state index in [9.17, 15) is 10.1 Å². The van der Waals surface area contributed by atoms with Gasteiger partial charge in [-0.15, -0.1) is 5.10 Å². The molecule has 1 saturated carbocycles. The van der Waals surface area contributed by atoms with Crippen molar-refractivity contribution in [2.75, 3.05) is 5.75 Å². The third-order valence-electron chi connectivity index (χ3n) is 4.32. The van der Waals surface area contributed by atoms with Gasteiger partial charge in [-0.2, -0.15) is 9.94 Å². The molecular weight excluding hydrogens is 336 g/mol.